The summed E-state index contributed by atoms with van der Waals surface area (Å²) in [5.41, 5.74) is 5.00. The zero-order valence-corrected chi connectivity index (χ0v) is 14.5. The number of hydrogen-bond acceptors (Lipinski definition) is 5. The average molecular weight is 351 g/mol. The second kappa shape index (κ2) is 11.0. The molecule has 0 fully saturated rings. The molecule has 0 bridgehead atoms. The summed E-state index contributed by atoms with van der Waals surface area (Å²) in [4.78, 5) is 34.9. The molecule has 1 rings (SSSR count). The maximum atomic E-state index is 12.2. The Labute approximate surface area is 147 Å². The van der Waals surface area contributed by atoms with Gasteiger partial charge >= 0.3 is 0 Å². The van der Waals surface area contributed by atoms with Crippen LogP contribution in [0.25, 0.3) is 0 Å². The Morgan fingerprint density at radius 3 is 2.72 bits per heavy atom. The van der Waals surface area contributed by atoms with Crippen molar-refractivity contribution in [1.29, 1.82) is 0 Å². The van der Waals surface area contributed by atoms with Gasteiger partial charge in [0, 0.05) is 5.56 Å². The van der Waals surface area contributed by atoms with Crippen molar-refractivity contribution in [2.45, 2.75) is 32.6 Å². The minimum atomic E-state index is -0.618. The van der Waals surface area contributed by atoms with Crippen molar-refractivity contribution in [3.8, 4) is 5.75 Å². The Morgan fingerprint density at radius 2 is 2.08 bits per heavy atom. The molecular weight excluding hydrogens is 326 g/mol. The Bertz CT molecular complexity index is 579. The van der Waals surface area contributed by atoms with E-state index in [0.717, 1.165) is 19.3 Å². The topological polar surface area (TPSA) is 108 Å². The molecule has 8 nitrogen and oxygen atoms in total. The molecule has 0 aromatic heterocycles. The number of amides is 3. The molecule has 3 N–H and O–H groups in total. The lowest BCUT2D eigenvalue weighted by atomic mass is 10.0. The van der Waals surface area contributed by atoms with Crippen LogP contribution in [0.2, 0.25) is 0 Å². The van der Waals surface area contributed by atoms with E-state index < -0.39 is 17.7 Å². The van der Waals surface area contributed by atoms with Crippen molar-refractivity contribution in [2.24, 2.45) is 5.92 Å². The van der Waals surface area contributed by atoms with Crippen LogP contribution < -0.4 is 15.6 Å². The van der Waals surface area contributed by atoms with Crippen molar-refractivity contribution < 1.29 is 24.3 Å². The molecular formula is C17H25N3O5. The molecule has 0 aliphatic carbocycles. The Morgan fingerprint density at radius 1 is 1.32 bits per heavy atom. The number of nitrogens with one attached hydrogen (secondary N) is 2. The van der Waals surface area contributed by atoms with E-state index in [1.165, 1.54) is 7.11 Å². The second-order valence-electron chi connectivity index (χ2n) is 5.60. The average Bonchev–Trinajstić information content (AvgIpc) is 2.64. The van der Waals surface area contributed by atoms with Crippen LogP contribution in [0.5, 0.6) is 5.75 Å². The summed E-state index contributed by atoms with van der Waals surface area (Å²) in [7, 11) is 1.49. The van der Waals surface area contributed by atoms with Gasteiger partial charge in [-0.1, -0.05) is 32.3 Å². The molecule has 0 unspecified atom stereocenters. The molecule has 0 aliphatic heterocycles. The molecule has 1 aromatic rings. The van der Waals surface area contributed by atoms with Crippen LogP contribution in [0.4, 0.5) is 0 Å². The molecule has 1 aromatic carbocycles. The van der Waals surface area contributed by atoms with Crippen molar-refractivity contribution in [3.05, 3.63) is 29.8 Å². The van der Waals surface area contributed by atoms with Crippen molar-refractivity contribution in [2.75, 3.05) is 13.7 Å². The highest BCUT2D eigenvalue weighted by molar-refractivity contribution is 5.95. The van der Waals surface area contributed by atoms with Gasteiger partial charge < -0.3 is 4.74 Å². The largest absolute Gasteiger partial charge is 0.497 e. The van der Waals surface area contributed by atoms with Gasteiger partial charge in [-0.2, -0.15) is 0 Å². The van der Waals surface area contributed by atoms with Crippen LogP contribution in [0.1, 0.15) is 43.0 Å². The van der Waals surface area contributed by atoms with Gasteiger partial charge in [0.05, 0.1) is 19.6 Å². The summed E-state index contributed by atoms with van der Waals surface area (Å²) in [6, 6.07) is 6.50. The molecule has 0 heterocycles. The Kier molecular flexibility index (Phi) is 9.02. The van der Waals surface area contributed by atoms with Gasteiger partial charge in [-0.25, -0.2) is 5.06 Å². The van der Waals surface area contributed by atoms with Crippen LogP contribution in [-0.4, -0.2) is 42.1 Å². The third-order valence-electron chi connectivity index (χ3n) is 3.69. The van der Waals surface area contributed by atoms with E-state index in [2.05, 4.69) is 10.9 Å². The smallest absolute Gasteiger partial charge is 0.269 e. The lowest BCUT2D eigenvalue weighted by Crippen LogP contribution is -2.46. The van der Waals surface area contributed by atoms with E-state index in [4.69, 9.17) is 4.74 Å². The highest BCUT2D eigenvalue weighted by atomic mass is 16.5. The van der Waals surface area contributed by atoms with Crippen molar-refractivity contribution >= 4 is 18.2 Å². The normalized spacial score (nSPS) is 11.3. The quantitative estimate of drug-likeness (QED) is 0.256. The molecule has 8 heteroatoms. The summed E-state index contributed by atoms with van der Waals surface area (Å²) in [5.74, 6) is -1.05. The Hall–Kier alpha value is -2.61. The number of methoxy groups -OCH3 is 1. The number of unbranched alkanes of at least 4 members (excludes halogenated alkanes) is 2. The molecule has 1 atom stereocenters. The number of nitrogens with zero attached hydrogens (tertiary/aromatic N) is 1. The van der Waals surface area contributed by atoms with Gasteiger partial charge in [-0.15, -0.1) is 0 Å². The summed E-state index contributed by atoms with van der Waals surface area (Å²) in [6.07, 6.45) is 3.45. The SMILES string of the molecule is CCCCC[C@H](CN(O)C=O)C(=O)NNC(=O)c1cccc(OC)c1. The van der Waals surface area contributed by atoms with Gasteiger partial charge in [-0.3, -0.25) is 30.4 Å². The van der Waals surface area contributed by atoms with Gasteiger partial charge in [-0.05, 0) is 24.6 Å². The number of carbonyl (C=O) groups is 3. The summed E-state index contributed by atoms with van der Waals surface area (Å²) in [5, 5.41) is 9.76. The monoisotopic (exact) mass is 351 g/mol. The van der Waals surface area contributed by atoms with Crippen LogP contribution >= 0.6 is 0 Å². The van der Waals surface area contributed by atoms with E-state index in [9.17, 15) is 19.6 Å². The fourth-order valence-corrected chi connectivity index (χ4v) is 2.27. The van der Waals surface area contributed by atoms with Crippen molar-refractivity contribution in [1.82, 2.24) is 15.9 Å². The van der Waals surface area contributed by atoms with Gasteiger partial charge in [0.1, 0.15) is 5.75 Å². The molecule has 25 heavy (non-hydrogen) atoms. The predicted octanol–water partition coefficient (Wildman–Crippen LogP) is 1.50. The number of benzene rings is 1. The first-order valence-corrected chi connectivity index (χ1v) is 8.16. The number of ether oxygens (including phenoxy) is 1. The van der Waals surface area contributed by atoms with Gasteiger partial charge in [0.25, 0.3) is 5.91 Å². The number of hydrazine groups is 1. The van der Waals surface area contributed by atoms with Gasteiger partial charge in [0.2, 0.25) is 12.3 Å². The maximum absolute atomic E-state index is 12.2. The predicted molar refractivity (Wildman–Crippen MR) is 90.8 cm³/mol. The van der Waals surface area contributed by atoms with E-state index in [-0.39, 0.29) is 13.0 Å². The van der Waals surface area contributed by atoms with Crippen LogP contribution in [0.3, 0.4) is 0 Å². The molecule has 0 radical (unpaired) electrons. The second-order valence-corrected chi connectivity index (χ2v) is 5.60. The summed E-state index contributed by atoms with van der Waals surface area (Å²) < 4.78 is 5.05. The lowest BCUT2D eigenvalue weighted by Gasteiger charge is -2.19. The molecule has 3 amide bonds. The standard InChI is InChI=1S/C17H25N3O5/c1-3-4-5-7-14(11-20(24)12-21)17(23)19-18-16(22)13-8-6-9-15(10-13)25-2/h6,8-10,12,14,24H,3-5,7,11H2,1-2H3,(H,18,22)(H,19,23)/t14-/m1/s1. The fourth-order valence-electron chi connectivity index (χ4n) is 2.27. The summed E-state index contributed by atoms with van der Waals surface area (Å²) >= 11 is 0. The molecule has 138 valence electrons. The van der Waals surface area contributed by atoms with E-state index in [1.807, 2.05) is 6.92 Å². The van der Waals surface area contributed by atoms with E-state index >= 15 is 0 Å². The Balaban J connectivity index is 2.61. The third kappa shape index (κ3) is 7.21. The third-order valence-corrected chi connectivity index (χ3v) is 3.69. The molecule has 0 aliphatic rings. The van der Waals surface area contributed by atoms with Crippen LogP contribution in [-0.2, 0) is 9.59 Å². The molecule has 0 saturated heterocycles. The minimum Gasteiger partial charge on any atom is -0.497 e. The van der Waals surface area contributed by atoms with Crippen LogP contribution in [0, 0.1) is 5.92 Å². The fraction of sp³-hybridized carbons (Fsp3) is 0.471. The number of carbonyl (C=O) groups excluding carboxylic acids is 3. The number of hydrogen-bond donors (Lipinski definition) is 3. The highest BCUT2D eigenvalue weighted by Gasteiger charge is 2.21. The first kappa shape index (κ1) is 20.4. The number of rotatable bonds is 10. The first-order chi connectivity index (χ1) is 12.0. The molecule has 0 spiro atoms. The van der Waals surface area contributed by atoms with E-state index in [0.29, 0.717) is 22.8 Å². The highest BCUT2D eigenvalue weighted by Crippen LogP contribution is 2.13. The van der Waals surface area contributed by atoms with Crippen LogP contribution in [0.15, 0.2) is 24.3 Å². The minimum absolute atomic E-state index is 0.131. The lowest BCUT2D eigenvalue weighted by molar-refractivity contribution is -0.154. The molecule has 0 saturated carbocycles. The number of hydroxylamine groups is 2. The van der Waals surface area contributed by atoms with Crippen molar-refractivity contribution in [3.63, 3.8) is 0 Å². The van der Waals surface area contributed by atoms with Gasteiger partial charge in [0.15, 0.2) is 0 Å². The zero-order valence-electron chi connectivity index (χ0n) is 14.5. The summed E-state index contributed by atoms with van der Waals surface area (Å²) in [6.45, 7) is 1.90. The first-order valence-electron chi connectivity index (χ1n) is 8.16. The zero-order chi connectivity index (χ0) is 18.7. The maximum Gasteiger partial charge on any atom is 0.269 e. The van der Waals surface area contributed by atoms with E-state index in [1.54, 1.807) is 24.3 Å².